The molecule has 5 amide bonds. The number of amides is 5. The van der Waals surface area contributed by atoms with E-state index >= 15 is 0 Å². The molecule has 0 saturated heterocycles. The van der Waals surface area contributed by atoms with Crippen molar-refractivity contribution in [3.8, 4) is 23.0 Å². The van der Waals surface area contributed by atoms with Crippen LogP contribution in [0.5, 0.6) is 23.0 Å². The number of nitrogens with one attached hydrogen (secondary N) is 4. The van der Waals surface area contributed by atoms with Gasteiger partial charge in [0.15, 0.2) is 23.0 Å². The molecule has 5 aromatic carbocycles. The van der Waals surface area contributed by atoms with Gasteiger partial charge in [-0.3, -0.25) is 38.7 Å². The fourth-order valence-corrected chi connectivity index (χ4v) is 12.8. The summed E-state index contributed by atoms with van der Waals surface area (Å²) < 4.78 is 24.3. The van der Waals surface area contributed by atoms with Crippen molar-refractivity contribution < 1.29 is 47.7 Å². The number of hydrogen-bond donors (Lipinski definition) is 4. The van der Waals surface area contributed by atoms with E-state index in [2.05, 4.69) is 41.2 Å². The summed E-state index contributed by atoms with van der Waals surface area (Å²) in [5.74, 6) is 0.858. The predicted octanol–water partition coefficient (Wildman–Crippen LogP) is 9.79. The summed E-state index contributed by atoms with van der Waals surface area (Å²) in [6, 6.07) is 25.7. The summed E-state index contributed by atoms with van der Waals surface area (Å²) in [7, 11) is 6.40. The van der Waals surface area contributed by atoms with Crippen molar-refractivity contribution in [2.45, 2.75) is 122 Å². The number of Topliss-reactive ketones (excluding diaryl/α,β-unsaturated/α-hetero) is 1. The molecule has 0 unspecified atom stereocenters. The van der Waals surface area contributed by atoms with Gasteiger partial charge in [-0.05, 0) is 112 Å². The van der Waals surface area contributed by atoms with Crippen LogP contribution in [0.2, 0.25) is 0 Å². The lowest BCUT2D eigenvalue weighted by Gasteiger charge is -2.23. The Bertz CT molecular complexity index is 3200. The summed E-state index contributed by atoms with van der Waals surface area (Å²) >= 11 is 0. The highest BCUT2D eigenvalue weighted by molar-refractivity contribution is 8.77. The average molecular weight is 1110 g/mol. The molecule has 4 aliphatic rings. The number of nitrogens with zero attached hydrogens (tertiary/aromatic N) is 3. The monoisotopic (exact) mass is 1110 g/mol. The molecular formula is C60H67N7O10S2. The second kappa shape index (κ2) is 24.7. The van der Waals surface area contributed by atoms with E-state index in [-0.39, 0.29) is 60.0 Å². The molecule has 0 fully saturated rings. The Morgan fingerprint density at radius 3 is 2.05 bits per heavy atom. The van der Waals surface area contributed by atoms with Crippen LogP contribution in [0, 0.1) is 0 Å². The molecule has 0 saturated carbocycles. The number of ketones is 1. The molecule has 5 aromatic rings. The largest absolute Gasteiger partial charge is 0.493 e. The second-order valence-electron chi connectivity index (χ2n) is 20.8. The number of carbonyl (C=O) groups is 6. The van der Waals surface area contributed by atoms with Crippen molar-refractivity contribution in [2.75, 3.05) is 47.0 Å². The zero-order valence-electron chi connectivity index (χ0n) is 45.6. The summed E-state index contributed by atoms with van der Waals surface area (Å²) in [6.45, 7) is 9.65. The van der Waals surface area contributed by atoms with Gasteiger partial charge in [-0.15, -0.1) is 0 Å². The molecule has 0 aliphatic carbocycles. The number of anilines is 4. The number of para-hydroxylation sites is 2. The van der Waals surface area contributed by atoms with Crippen LogP contribution in [0.3, 0.4) is 0 Å². The molecule has 0 spiro atoms. The quantitative estimate of drug-likeness (QED) is 0.0356. The van der Waals surface area contributed by atoms with Gasteiger partial charge < -0.3 is 45.1 Å². The van der Waals surface area contributed by atoms with E-state index < -0.39 is 23.9 Å². The van der Waals surface area contributed by atoms with E-state index in [1.807, 2.05) is 60.4 Å². The van der Waals surface area contributed by atoms with Crippen molar-refractivity contribution in [3.05, 3.63) is 124 Å². The Labute approximate surface area is 468 Å². The minimum Gasteiger partial charge on any atom is -0.493 e. The molecule has 17 nitrogen and oxygen atoms in total. The van der Waals surface area contributed by atoms with Gasteiger partial charge in [0, 0.05) is 78.1 Å². The predicted molar refractivity (Wildman–Crippen MR) is 311 cm³/mol. The topological polar surface area (TPSA) is 206 Å². The Morgan fingerprint density at radius 1 is 0.747 bits per heavy atom. The number of benzene rings is 5. The van der Waals surface area contributed by atoms with Crippen molar-refractivity contribution in [2.24, 2.45) is 4.99 Å². The number of methoxy groups -OCH3 is 2. The third-order valence-corrected chi connectivity index (χ3v) is 17.9. The standard InChI is InChI=1S/C60H67N7O10S2/c1-8-44(68)16-13-21-78-79-60(4,5)20-19-55(69)63-35(2)56(70)64-36(3)57(71)65-41-23-37(33-76-53-29-47-45(27-51(53)74-6)58(72)66-42(31-61-47)25-39-14-9-11-17-49(39)66)22-38(24-41)34-77-54-30-48-46(28-52(54)75-7)59(73)67-43(32-62-48)26-40-15-10-12-18-50(40)67/h9-12,14-15,17-18,22-24,27-31,35-36,42-43,62H,8,13,16,19-21,25-26,32-34H2,1-7H3,(H,63,69)(H,64,70)(H,65,71)/t35-,36-,42-,43-/m0/s1. The molecular weight excluding hydrogens is 1040 g/mol. The van der Waals surface area contributed by atoms with Gasteiger partial charge in [0.25, 0.3) is 11.8 Å². The van der Waals surface area contributed by atoms with Crippen molar-refractivity contribution in [3.63, 3.8) is 0 Å². The van der Waals surface area contributed by atoms with Crippen LogP contribution in [0.1, 0.15) is 110 Å². The highest BCUT2D eigenvalue weighted by Crippen LogP contribution is 2.44. The molecule has 4 aliphatic heterocycles. The van der Waals surface area contributed by atoms with Gasteiger partial charge in [0.1, 0.15) is 31.1 Å². The first-order valence-corrected chi connectivity index (χ1v) is 29.0. The van der Waals surface area contributed by atoms with E-state index in [1.54, 1.807) is 82.9 Å². The maximum atomic E-state index is 14.2. The van der Waals surface area contributed by atoms with Crippen LogP contribution in [-0.2, 0) is 45.2 Å². The number of fused-ring (bicyclic) bond motifs is 8. The lowest BCUT2D eigenvalue weighted by molar-refractivity contribution is -0.130. The minimum atomic E-state index is -1.01. The van der Waals surface area contributed by atoms with E-state index in [9.17, 15) is 28.8 Å². The molecule has 79 heavy (non-hydrogen) atoms. The molecule has 4 atom stereocenters. The van der Waals surface area contributed by atoms with E-state index in [0.29, 0.717) is 94.5 Å². The number of rotatable bonds is 23. The fraction of sp³-hybridized carbons (Fsp3) is 0.383. The maximum absolute atomic E-state index is 14.2. The Morgan fingerprint density at radius 2 is 1.37 bits per heavy atom. The van der Waals surface area contributed by atoms with Crippen LogP contribution in [0.4, 0.5) is 28.4 Å². The molecule has 414 valence electrons. The van der Waals surface area contributed by atoms with E-state index in [4.69, 9.17) is 23.9 Å². The number of aliphatic imine (C=N–C) groups is 1. The highest BCUT2D eigenvalue weighted by Gasteiger charge is 2.39. The lowest BCUT2D eigenvalue weighted by Crippen LogP contribution is -2.50. The summed E-state index contributed by atoms with van der Waals surface area (Å²) in [5.41, 5.74) is 7.47. The van der Waals surface area contributed by atoms with Crippen LogP contribution in [0.15, 0.2) is 96.0 Å². The Balaban J connectivity index is 0.893. The first-order valence-electron chi connectivity index (χ1n) is 26.7. The molecule has 0 aromatic heterocycles. The first-order chi connectivity index (χ1) is 38.0. The summed E-state index contributed by atoms with van der Waals surface area (Å²) in [5, 5.41) is 11.9. The van der Waals surface area contributed by atoms with E-state index in [1.165, 1.54) is 14.2 Å². The molecule has 0 radical (unpaired) electrons. The van der Waals surface area contributed by atoms with Crippen molar-refractivity contribution in [1.82, 2.24) is 10.6 Å². The number of ether oxygens (including phenoxy) is 4. The lowest BCUT2D eigenvalue weighted by atomic mass is 10.1. The smallest absolute Gasteiger partial charge is 0.261 e. The van der Waals surface area contributed by atoms with Crippen LogP contribution >= 0.6 is 21.6 Å². The SMILES string of the molecule is CCC(=O)CCCSSC(C)(C)CCC(=O)N[C@@H](C)C(=O)N[C@@H](C)C(=O)Nc1cc(COc2cc3c(cc2OC)C(=O)N2c4ccccc4C[C@H]2C=N3)cc(COc2cc3c(cc2OC)C(=O)N2c4ccccc4C[C@H]2CN3)c1. The average Bonchev–Trinajstić information content (AvgIpc) is 4.18. The number of carbonyl (C=O) groups excluding carboxylic acids is 6. The maximum Gasteiger partial charge on any atom is 0.261 e. The van der Waals surface area contributed by atoms with Crippen LogP contribution in [0.25, 0.3) is 0 Å². The fourth-order valence-electron chi connectivity index (χ4n) is 10.1. The Hall–Kier alpha value is -7.51. The summed E-state index contributed by atoms with van der Waals surface area (Å²) in [6.07, 6.45) is 5.90. The Kier molecular flexibility index (Phi) is 17.5. The van der Waals surface area contributed by atoms with Gasteiger partial charge >= 0.3 is 0 Å². The van der Waals surface area contributed by atoms with Gasteiger partial charge in [0.05, 0.1) is 48.8 Å². The minimum absolute atomic E-state index is 0.00113. The molecule has 0 bridgehead atoms. The molecule has 9 rings (SSSR count). The second-order valence-corrected chi connectivity index (χ2v) is 23.9. The molecule has 19 heteroatoms. The third-order valence-electron chi connectivity index (χ3n) is 14.4. The van der Waals surface area contributed by atoms with Crippen molar-refractivity contribution in [1.29, 1.82) is 0 Å². The highest BCUT2D eigenvalue weighted by atomic mass is 33.1. The normalized spacial score (nSPS) is 16.5. The zero-order valence-corrected chi connectivity index (χ0v) is 47.2. The van der Waals surface area contributed by atoms with Gasteiger partial charge in [-0.2, -0.15) is 0 Å². The zero-order chi connectivity index (χ0) is 56.0. The van der Waals surface area contributed by atoms with Crippen LogP contribution in [-0.4, -0.2) is 97.0 Å². The summed E-state index contributed by atoms with van der Waals surface area (Å²) in [4.78, 5) is 88.5. The van der Waals surface area contributed by atoms with Gasteiger partial charge in [0.2, 0.25) is 17.7 Å². The van der Waals surface area contributed by atoms with Gasteiger partial charge in [-0.1, -0.05) is 64.9 Å². The van der Waals surface area contributed by atoms with Crippen LogP contribution < -0.4 is 50.0 Å². The molecule has 4 N–H and O–H groups in total. The third kappa shape index (κ3) is 13.0. The molecule has 4 heterocycles. The van der Waals surface area contributed by atoms with E-state index in [0.717, 1.165) is 41.1 Å². The number of hydrogen-bond acceptors (Lipinski definition) is 14. The van der Waals surface area contributed by atoms with Crippen molar-refractivity contribution >= 4 is 91.6 Å². The van der Waals surface area contributed by atoms with Gasteiger partial charge in [-0.25, -0.2) is 0 Å². The first kappa shape index (κ1) is 56.2.